The minimum absolute atomic E-state index is 0.148. The van der Waals surface area contributed by atoms with Gasteiger partial charge in [-0.3, -0.25) is 19.8 Å². The lowest BCUT2D eigenvalue weighted by Crippen LogP contribution is -2.48. The lowest BCUT2D eigenvalue weighted by molar-refractivity contribution is -0.133. The molecule has 6 aliphatic rings. The monoisotopic (exact) mass is 429 g/mol. The van der Waals surface area contributed by atoms with Gasteiger partial charge in [-0.05, 0) is 69.1 Å². The summed E-state index contributed by atoms with van der Waals surface area (Å²) in [5.41, 5.74) is -0.638. The number of carbonyl (C=O) groups is 3. The van der Waals surface area contributed by atoms with Gasteiger partial charge in [-0.2, -0.15) is 0 Å². The molecular weight excluding hydrogens is 402 g/mol. The first kappa shape index (κ1) is 18.7. The lowest BCUT2D eigenvalue weighted by Gasteiger charge is -2.55. The highest BCUT2D eigenvalue weighted by atomic mass is 32.1. The third-order valence-corrected chi connectivity index (χ3v) is 9.25. The van der Waals surface area contributed by atoms with E-state index in [2.05, 4.69) is 20.8 Å². The summed E-state index contributed by atoms with van der Waals surface area (Å²) in [6, 6.07) is -0.469. The fourth-order valence-electron chi connectivity index (χ4n) is 7.30. The summed E-state index contributed by atoms with van der Waals surface area (Å²) >= 11 is 1.47. The van der Waals surface area contributed by atoms with Gasteiger partial charge in [-0.15, -0.1) is 10.2 Å². The average Bonchev–Trinajstić information content (AvgIpc) is 3.39. The molecule has 4 amide bonds. The molecule has 6 fully saturated rings. The van der Waals surface area contributed by atoms with E-state index in [4.69, 9.17) is 0 Å². The second-order valence-electron chi connectivity index (χ2n) is 10.3. The normalized spacial score (nSPS) is 36.0. The third-order valence-electron chi connectivity index (χ3n) is 8.17. The van der Waals surface area contributed by atoms with Crippen molar-refractivity contribution < 1.29 is 14.4 Å². The molecule has 1 aromatic rings. The molecule has 1 saturated heterocycles. The maximum atomic E-state index is 12.7. The molecule has 1 spiro atoms. The van der Waals surface area contributed by atoms with Gasteiger partial charge in [-0.1, -0.05) is 24.2 Å². The van der Waals surface area contributed by atoms with Crippen molar-refractivity contribution in [1.82, 2.24) is 20.4 Å². The molecule has 0 aromatic carbocycles. The number of nitrogens with one attached hydrogen (secondary N) is 2. The van der Waals surface area contributed by atoms with Gasteiger partial charge in [0.2, 0.25) is 11.0 Å². The van der Waals surface area contributed by atoms with Gasteiger partial charge in [0.05, 0.1) is 0 Å². The zero-order valence-electron chi connectivity index (χ0n) is 17.0. The van der Waals surface area contributed by atoms with Crippen LogP contribution in [0.1, 0.15) is 69.2 Å². The molecule has 2 N–H and O–H groups in total. The number of urea groups is 1. The van der Waals surface area contributed by atoms with Crippen LogP contribution in [0.2, 0.25) is 0 Å². The van der Waals surface area contributed by atoms with E-state index >= 15 is 0 Å². The molecule has 160 valence electrons. The molecule has 5 saturated carbocycles. The number of rotatable bonds is 4. The highest BCUT2D eigenvalue weighted by Crippen LogP contribution is 2.61. The van der Waals surface area contributed by atoms with E-state index in [-0.39, 0.29) is 17.9 Å². The molecule has 2 heterocycles. The van der Waals surface area contributed by atoms with Crippen LogP contribution >= 0.6 is 11.3 Å². The number of anilines is 1. The van der Waals surface area contributed by atoms with Crippen molar-refractivity contribution in [1.29, 1.82) is 0 Å². The molecular formula is C21H27N5O3S. The molecule has 0 atom stereocenters. The maximum absolute atomic E-state index is 12.7. The zero-order valence-corrected chi connectivity index (χ0v) is 17.8. The Balaban J connectivity index is 1.13. The van der Waals surface area contributed by atoms with Crippen LogP contribution < -0.4 is 10.6 Å². The van der Waals surface area contributed by atoms with Crippen molar-refractivity contribution in [3.63, 3.8) is 0 Å². The van der Waals surface area contributed by atoms with Gasteiger partial charge >= 0.3 is 6.03 Å². The van der Waals surface area contributed by atoms with Crippen LogP contribution in [-0.4, -0.2) is 45.0 Å². The summed E-state index contributed by atoms with van der Waals surface area (Å²) in [6.07, 6.45) is 10.9. The van der Waals surface area contributed by atoms with Gasteiger partial charge in [0.1, 0.15) is 17.1 Å². The van der Waals surface area contributed by atoms with Crippen LogP contribution in [0.25, 0.3) is 0 Å². The molecule has 1 aromatic heterocycles. The van der Waals surface area contributed by atoms with Crippen molar-refractivity contribution in [3.05, 3.63) is 5.01 Å². The molecule has 5 aliphatic carbocycles. The molecule has 7 rings (SSSR count). The van der Waals surface area contributed by atoms with Crippen molar-refractivity contribution in [2.45, 2.75) is 75.2 Å². The van der Waals surface area contributed by atoms with Crippen molar-refractivity contribution in [2.24, 2.45) is 17.8 Å². The van der Waals surface area contributed by atoms with Gasteiger partial charge in [0, 0.05) is 5.41 Å². The van der Waals surface area contributed by atoms with Crippen molar-refractivity contribution in [2.75, 3.05) is 11.9 Å². The van der Waals surface area contributed by atoms with Crippen LogP contribution in [0.4, 0.5) is 9.93 Å². The number of hydrogen-bond acceptors (Lipinski definition) is 6. The summed E-state index contributed by atoms with van der Waals surface area (Å²) in [6.45, 7) is -0.279. The summed E-state index contributed by atoms with van der Waals surface area (Å²) < 4.78 is 0. The minimum Gasteiger partial charge on any atom is -0.323 e. The first-order valence-electron chi connectivity index (χ1n) is 11.2. The van der Waals surface area contributed by atoms with Gasteiger partial charge in [-0.25, -0.2) is 4.79 Å². The number of amides is 4. The predicted octanol–water partition coefficient (Wildman–Crippen LogP) is 2.81. The summed E-state index contributed by atoms with van der Waals surface area (Å²) in [5, 5.41) is 15.8. The van der Waals surface area contributed by atoms with E-state index in [1.807, 2.05) is 0 Å². The molecule has 0 radical (unpaired) electrons. The number of hydrogen-bond donors (Lipinski definition) is 2. The largest absolute Gasteiger partial charge is 0.325 e. The topological polar surface area (TPSA) is 104 Å². The maximum Gasteiger partial charge on any atom is 0.325 e. The number of aromatic nitrogens is 2. The molecule has 1 aliphatic heterocycles. The van der Waals surface area contributed by atoms with E-state index in [0.717, 1.165) is 40.5 Å². The summed E-state index contributed by atoms with van der Waals surface area (Å²) in [7, 11) is 0. The van der Waals surface area contributed by atoms with Crippen LogP contribution in [0.15, 0.2) is 0 Å². The Morgan fingerprint density at radius 3 is 2.33 bits per heavy atom. The van der Waals surface area contributed by atoms with Gasteiger partial charge in [0.15, 0.2) is 0 Å². The highest BCUT2D eigenvalue weighted by molar-refractivity contribution is 7.15. The lowest BCUT2D eigenvalue weighted by atomic mass is 9.50. The zero-order chi connectivity index (χ0) is 20.5. The number of nitrogens with zero attached hydrogens (tertiary/aromatic N) is 3. The number of imide groups is 1. The minimum atomic E-state index is -0.786. The Labute approximate surface area is 179 Å². The first-order chi connectivity index (χ1) is 14.4. The Kier molecular flexibility index (Phi) is 4.04. The van der Waals surface area contributed by atoms with E-state index in [1.54, 1.807) is 0 Å². The Bertz CT molecular complexity index is 886. The van der Waals surface area contributed by atoms with E-state index in [9.17, 15) is 14.4 Å². The summed E-state index contributed by atoms with van der Waals surface area (Å²) in [5.74, 6) is 1.79. The van der Waals surface area contributed by atoms with Crippen LogP contribution in [0.5, 0.6) is 0 Å². The quantitative estimate of drug-likeness (QED) is 0.716. The van der Waals surface area contributed by atoms with Gasteiger partial charge < -0.3 is 5.32 Å². The Morgan fingerprint density at radius 2 is 1.70 bits per heavy atom. The van der Waals surface area contributed by atoms with Crippen LogP contribution in [0.3, 0.4) is 0 Å². The average molecular weight is 430 g/mol. The standard InChI is InChI=1S/C21H27N5O3S/c27-15(11-26-17(28)21(23-19(26)29)3-1-2-4-21)22-18-25-24-16(30-18)20-8-12-5-13(9-20)7-14(6-12)10-20/h12-14H,1-11H2,(H,23,29)(H,22,25,27). The second kappa shape index (κ2) is 6.48. The second-order valence-corrected chi connectivity index (χ2v) is 11.2. The highest BCUT2D eigenvalue weighted by Gasteiger charge is 2.54. The van der Waals surface area contributed by atoms with Crippen LogP contribution in [-0.2, 0) is 15.0 Å². The predicted molar refractivity (Wildman–Crippen MR) is 110 cm³/mol. The third kappa shape index (κ3) is 2.81. The molecule has 4 bridgehead atoms. The SMILES string of the molecule is O=C(CN1C(=O)NC2(CCCC2)C1=O)Nc1nnc(C23CC4CC(CC(C4)C2)C3)s1. The Hall–Kier alpha value is -2.03. The Morgan fingerprint density at radius 1 is 1.07 bits per heavy atom. The van der Waals surface area contributed by atoms with E-state index in [1.165, 1.54) is 49.9 Å². The smallest absolute Gasteiger partial charge is 0.323 e. The van der Waals surface area contributed by atoms with E-state index < -0.39 is 17.5 Å². The molecule has 8 nitrogen and oxygen atoms in total. The van der Waals surface area contributed by atoms with E-state index in [0.29, 0.717) is 18.0 Å². The van der Waals surface area contributed by atoms with Crippen molar-refractivity contribution >= 4 is 34.3 Å². The molecule has 0 unspecified atom stereocenters. The van der Waals surface area contributed by atoms with Crippen LogP contribution in [0, 0.1) is 17.8 Å². The van der Waals surface area contributed by atoms with Gasteiger partial charge in [0.25, 0.3) is 5.91 Å². The molecule has 30 heavy (non-hydrogen) atoms. The number of carbonyl (C=O) groups excluding carboxylic acids is 3. The first-order valence-corrected chi connectivity index (χ1v) is 12.0. The fraction of sp³-hybridized carbons (Fsp3) is 0.762. The fourth-order valence-corrected chi connectivity index (χ4v) is 8.28. The van der Waals surface area contributed by atoms with Crippen molar-refractivity contribution in [3.8, 4) is 0 Å². The molecule has 9 heteroatoms. The summed E-state index contributed by atoms with van der Waals surface area (Å²) in [4.78, 5) is 38.6.